The average molecular weight is 396 g/mol. The first-order valence-electron chi connectivity index (χ1n) is 8.31. The number of nitrogens with zero attached hydrogens (tertiary/aromatic N) is 4. The van der Waals surface area contributed by atoms with E-state index in [1.165, 1.54) is 23.0 Å². The van der Waals surface area contributed by atoms with Crippen LogP contribution in [0.1, 0.15) is 24.6 Å². The first-order chi connectivity index (χ1) is 13.5. The highest BCUT2D eigenvalue weighted by atomic mass is 19.3. The van der Waals surface area contributed by atoms with Crippen molar-refractivity contribution in [2.45, 2.75) is 26.5 Å². The molecule has 0 atom stereocenters. The fraction of sp³-hybridized carbons (Fsp3) is 0.278. The van der Waals surface area contributed by atoms with Crippen molar-refractivity contribution < 1.29 is 27.0 Å². The predicted octanol–water partition coefficient (Wildman–Crippen LogP) is 4.33. The van der Waals surface area contributed by atoms with Crippen LogP contribution in [0.3, 0.4) is 0 Å². The summed E-state index contributed by atoms with van der Waals surface area (Å²) in [6, 6.07) is 7.85. The fourth-order valence-electron chi connectivity index (χ4n) is 2.56. The van der Waals surface area contributed by atoms with Crippen molar-refractivity contribution in [3.8, 4) is 22.8 Å². The fourth-order valence-corrected chi connectivity index (χ4v) is 2.56. The van der Waals surface area contributed by atoms with E-state index in [1.807, 2.05) is 0 Å². The maximum atomic E-state index is 12.7. The SMILES string of the molecule is CCOc1ncc(Cn2cc(C(F)F)nn2)cc1-c1cccc(OC(F)F)c1. The maximum absolute atomic E-state index is 12.7. The molecule has 3 rings (SSSR count). The lowest BCUT2D eigenvalue weighted by molar-refractivity contribution is -0.0498. The van der Waals surface area contributed by atoms with Gasteiger partial charge < -0.3 is 9.47 Å². The van der Waals surface area contributed by atoms with Crippen LogP contribution in [0, 0.1) is 0 Å². The van der Waals surface area contributed by atoms with Gasteiger partial charge in [0, 0.05) is 11.8 Å². The topological polar surface area (TPSA) is 62.1 Å². The number of hydrogen-bond acceptors (Lipinski definition) is 5. The summed E-state index contributed by atoms with van der Waals surface area (Å²) in [6.07, 6.45) is -0.0318. The predicted molar refractivity (Wildman–Crippen MR) is 91.6 cm³/mol. The van der Waals surface area contributed by atoms with Crippen molar-refractivity contribution in [1.82, 2.24) is 20.0 Å². The molecule has 1 aromatic carbocycles. The zero-order valence-electron chi connectivity index (χ0n) is 14.7. The molecule has 0 aliphatic carbocycles. The molecular weight excluding hydrogens is 380 g/mol. The first kappa shape index (κ1) is 19.6. The number of halogens is 4. The molecule has 0 bridgehead atoms. The van der Waals surface area contributed by atoms with Crippen LogP contribution in [0.4, 0.5) is 17.6 Å². The maximum Gasteiger partial charge on any atom is 0.387 e. The van der Waals surface area contributed by atoms with E-state index in [2.05, 4.69) is 20.0 Å². The number of rotatable bonds is 8. The molecule has 148 valence electrons. The lowest BCUT2D eigenvalue weighted by Crippen LogP contribution is -2.04. The summed E-state index contributed by atoms with van der Waals surface area (Å²) < 4.78 is 61.5. The Kier molecular flexibility index (Phi) is 6.07. The summed E-state index contributed by atoms with van der Waals surface area (Å²) >= 11 is 0. The van der Waals surface area contributed by atoms with Crippen LogP contribution in [-0.4, -0.2) is 33.2 Å². The highest BCUT2D eigenvalue weighted by Gasteiger charge is 2.14. The summed E-state index contributed by atoms with van der Waals surface area (Å²) in [7, 11) is 0. The number of alkyl halides is 4. The minimum absolute atomic E-state index is 0.00166. The molecule has 0 radical (unpaired) electrons. The molecular formula is C18H16F4N4O2. The highest BCUT2D eigenvalue weighted by molar-refractivity contribution is 5.70. The Morgan fingerprint density at radius 3 is 2.64 bits per heavy atom. The van der Waals surface area contributed by atoms with Crippen molar-refractivity contribution in [2.24, 2.45) is 0 Å². The Labute approximate surface area is 157 Å². The van der Waals surface area contributed by atoms with Gasteiger partial charge in [-0.1, -0.05) is 17.3 Å². The van der Waals surface area contributed by atoms with Gasteiger partial charge >= 0.3 is 6.61 Å². The van der Waals surface area contributed by atoms with E-state index in [0.717, 1.165) is 6.20 Å². The summed E-state index contributed by atoms with van der Waals surface area (Å²) in [4.78, 5) is 4.25. The van der Waals surface area contributed by atoms with Crippen LogP contribution < -0.4 is 9.47 Å². The van der Waals surface area contributed by atoms with Gasteiger partial charge in [0.1, 0.15) is 11.4 Å². The van der Waals surface area contributed by atoms with Gasteiger partial charge in [0.05, 0.1) is 19.3 Å². The van der Waals surface area contributed by atoms with E-state index in [1.54, 1.807) is 25.1 Å². The standard InChI is InChI=1S/C18H16F4N4O2/c1-2-27-17-14(12-4-3-5-13(7-12)28-18(21)22)6-11(8-23-17)9-26-10-15(16(19)20)24-25-26/h3-8,10,16,18H,2,9H2,1H3. The molecule has 0 saturated carbocycles. The summed E-state index contributed by atoms with van der Waals surface area (Å²) in [5.41, 5.74) is 1.33. The summed E-state index contributed by atoms with van der Waals surface area (Å²) in [5.74, 6) is 0.311. The second-order valence-electron chi connectivity index (χ2n) is 5.68. The van der Waals surface area contributed by atoms with Crippen LogP contribution in [0.2, 0.25) is 0 Å². The minimum Gasteiger partial charge on any atom is -0.478 e. The Morgan fingerprint density at radius 2 is 1.96 bits per heavy atom. The highest BCUT2D eigenvalue weighted by Crippen LogP contribution is 2.32. The van der Waals surface area contributed by atoms with Crippen molar-refractivity contribution in [1.29, 1.82) is 0 Å². The normalized spacial score (nSPS) is 11.2. The van der Waals surface area contributed by atoms with Gasteiger partial charge in [-0.05, 0) is 36.2 Å². The molecule has 0 amide bonds. The third-order valence-electron chi connectivity index (χ3n) is 3.68. The first-order valence-corrected chi connectivity index (χ1v) is 8.31. The molecule has 3 aromatic rings. The van der Waals surface area contributed by atoms with Gasteiger partial charge in [0.2, 0.25) is 5.88 Å². The van der Waals surface area contributed by atoms with Gasteiger partial charge in [-0.15, -0.1) is 5.10 Å². The van der Waals surface area contributed by atoms with Crippen LogP contribution in [0.25, 0.3) is 11.1 Å². The van der Waals surface area contributed by atoms with Gasteiger partial charge in [0.25, 0.3) is 6.43 Å². The molecule has 2 heterocycles. The second kappa shape index (κ2) is 8.68. The number of pyridine rings is 1. The van der Waals surface area contributed by atoms with Crippen molar-refractivity contribution >= 4 is 0 Å². The van der Waals surface area contributed by atoms with Gasteiger partial charge in [-0.3, -0.25) is 0 Å². The molecule has 0 aliphatic heterocycles. The number of aromatic nitrogens is 4. The van der Waals surface area contributed by atoms with Crippen LogP contribution in [0.15, 0.2) is 42.7 Å². The smallest absolute Gasteiger partial charge is 0.387 e. The van der Waals surface area contributed by atoms with Gasteiger partial charge in [-0.2, -0.15) is 8.78 Å². The number of ether oxygens (including phenoxy) is 2. The van der Waals surface area contributed by atoms with Crippen molar-refractivity contribution in [3.05, 3.63) is 54.0 Å². The van der Waals surface area contributed by atoms with Gasteiger partial charge in [-0.25, -0.2) is 18.4 Å². The zero-order valence-corrected chi connectivity index (χ0v) is 14.7. The summed E-state index contributed by atoms with van der Waals surface area (Å²) in [5, 5.41) is 7.07. The lowest BCUT2D eigenvalue weighted by Gasteiger charge is -2.12. The Morgan fingerprint density at radius 1 is 1.14 bits per heavy atom. The van der Waals surface area contributed by atoms with E-state index in [9.17, 15) is 17.6 Å². The Balaban J connectivity index is 1.93. The average Bonchev–Trinajstić information content (AvgIpc) is 3.12. The third-order valence-corrected chi connectivity index (χ3v) is 3.68. The quantitative estimate of drug-likeness (QED) is 0.531. The molecule has 0 spiro atoms. The van der Waals surface area contributed by atoms with Crippen molar-refractivity contribution in [3.63, 3.8) is 0 Å². The summed E-state index contributed by atoms with van der Waals surface area (Å²) in [6.45, 7) is -0.647. The third kappa shape index (κ3) is 4.76. The Hall–Kier alpha value is -3.17. The molecule has 10 heteroatoms. The molecule has 0 aliphatic rings. The zero-order chi connectivity index (χ0) is 20.1. The molecule has 2 aromatic heterocycles. The molecule has 0 saturated heterocycles. The number of hydrogen-bond donors (Lipinski definition) is 0. The van der Waals surface area contributed by atoms with E-state index in [-0.39, 0.29) is 12.3 Å². The minimum atomic E-state index is -2.94. The largest absolute Gasteiger partial charge is 0.478 e. The van der Waals surface area contributed by atoms with Crippen LogP contribution >= 0.6 is 0 Å². The molecule has 28 heavy (non-hydrogen) atoms. The molecule has 0 unspecified atom stereocenters. The molecule has 0 fully saturated rings. The van der Waals surface area contributed by atoms with E-state index in [4.69, 9.17) is 4.74 Å². The monoisotopic (exact) mass is 396 g/mol. The molecule has 6 nitrogen and oxygen atoms in total. The lowest BCUT2D eigenvalue weighted by atomic mass is 10.0. The molecule has 0 N–H and O–H groups in total. The van der Waals surface area contributed by atoms with E-state index >= 15 is 0 Å². The second-order valence-corrected chi connectivity index (χ2v) is 5.68. The van der Waals surface area contributed by atoms with E-state index < -0.39 is 18.7 Å². The van der Waals surface area contributed by atoms with Gasteiger partial charge in [0.15, 0.2) is 0 Å². The van der Waals surface area contributed by atoms with Crippen LogP contribution in [-0.2, 0) is 6.54 Å². The van der Waals surface area contributed by atoms with Crippen LogP contribution in [0.5, 0.6) is 11.6 Å². The number of benzene rings is 1. The van der Waals surface area contributed by atoms with Crippen molar-refractivity contribution in [2.75, 3.05) is 6.61 Å². The van der Waals surface area contributed by atoms with E-state index in [0.29, 0.717) is 29.2 Å². The Bertz CT molecular complexity index is 933.